The Morgan fingerprint density at radius 2 is 1.16 bits per heavy atom. The van der Waals surface area contributed by atoms with E-state index in [4.69, 9.17) is 13.1 Å². The van der Waals surface area contributed by atoms with Gasteiger partial charge in [-0.05, 0) is 76.9 Å². The fourth-order valence-corrected chi connectivity index (χ4v) is 7.44. The van der Waals surface area contributed by atoms with Gasteiger partial charge in [0.1, 0.15) is 0 Å². The normalized spacial score (nSPS) is 11.1. The zero-order valence-electron chi connectivity index (χ0n) is 26.7. The molecule has 0 unspecified atom stereocenters. The largest absolute Gasteiger partial charge is 0.311 e. The molecule has 0 amide bonds. The minimum atomic E-state index is 0.557. The number of hydrogen-bond donors (Lipinski definition) is 0. The van der Waals surface area contributed by atoms with Crippen LogP contribution >= 0.6 is 0 Å². The highest BCUT2D eigenvalue weighted by atomic mass is 15.0. The lowest BCUT2D eigenvalue weighted by atomic mass is 9.92. The van der Waals surface area contributed by atoms with Crippen LogP contribution in [0.5, 0.6) is 0 Å². The zero-order valence-corrected chi connectivity index (χ0v) is 26.7. The first-order valence-corrected chi connectivity index (χ1v) is 16.2. The van der Waals surface area contributed by atoms with E-state index in [9.17, 15) is 5.26 Å². The van der Waals surface area contributed by atoms with Gasteiger partial charge >= 0.3 is 0 Å². The second-order valence-corrected chi connectivity index (χ2v) is 12.2. The maximum absolute atomic E-state index is 9.60. The van der Waals surface area contributed by atoms with E-state index in [-0.39, 0.29) is 0 Å². The molecule has 0 saturated carbocycles. The Morgan fingerprint density at radius 3 is 1.88 bits per heavy atom. The molecule has 230 valence electrons. The molecule has 50 heavy (non-hydrogen) atoms. The summed E-state index contributed by atoms with van der Waals surface area (Å²) >= 11 is 0. The number of hydrogen-bond acceptors (Lipinski definition) is 1. The Kier molecular flexibility index (Phi) is 6.56. The summed E-state index contributed by atoms with van der Waals surface area (Å²) < 4.78 is 4.46. The van der Waals surface area contributed by atoms with E-state index in [1.165, 1.54) is 10.8 Å². The molecule has 0 atom stereocenters. The third-order valence-corrected chi connectivity index (χ3v) is 9.60. The summed E-state index contributed by atoms with van der Waals surface area (Å²) in [5, 5.41) is 13.9. The number of benzene rings is 7. The highest BCUT2D eigenvalue weighted by Gasteiger charge is 2.20. The van der Waals surface area contributed by atoms with Crippen LogP contribution in [0.3, 0.4) is 0 Å². The Labute approximate surface area is 288 Å². The van der Waals surface area contributed by atoms with Gasteiger partial charge in [-0.2, -0.15) is 5.26 Å². The first-order valence-electron chi connectivity index (χ1n) is 16.2. The number of nitrogens with zero attached hydrogens (tertiary/aromatic N) is 5. The second-order valence-electron chi connectivity index (χ2n) is 12.2. The van der Waals surface area contributed by atoms with Crippen molar-refractivity contribution < 1.29 is 0 Å². The predicted molar refractivity (Wildman–Crippen MR) is 203 cm³/mol. The smallest absolute Gasteiger partial charge is 0.195 e. The van der Waals surface area contributed by atoms with Gasteiger partial charge in [0.25, 0.3) is 0 Å². The van der Waals surface area contributed by atoms with Crippen LogP contribution in [0.2, 0.25) is 0 Å². The number of nitriles is 1. The topological polar surface area (TPSA) is 42.4 Å². The summed E-state index contributed by atoms with van der Waals surface area (Å²) in [6.07, 6.45) is 0. The molecule has 0 aliphatic carbocycles. The van der Waals surface area contributed by atoms with Crippen LogP contribution in [0.15, 0.2) is 152 Å². The van der Waals surface area contributed by atoms with E-state index in [2.05, 4.69) is 122 Å². The van der Waals surface area contributed by atoms with Crippen molar-refractivity contribution in [3.05, 3.63) is 180 Å². The Morgan fingerprint density at radius 1 is 0.500 bits per heavy atom. The maximum Gasteiger partial charge on any atom is 0.195 e. The molecule has 0 aliphatic heterocycles. The number of rotatable bonds is 4. The molecule has 7 aromatic carbocycles. The molecule has 2 aromatic heterocycles. The van der Waals surface area contributed by atoms with E-state index >= 15 is 0 Å². The van der Waals surface area contributed by atoms with Crippen molar-refractivity contribution in [2.24, 2.45) is 0 Å². The summed E-state index contributed by atoms with van der Waals surface area (Å²) in [6, 6.07) is 53.3. The van der Waals surface area contributed by atoms with Gasteiger partial charge in [0, 0.05) is 32.7 Å². The summed E-state index contributed by atoms with van der Waals surface area (Å²) in [5.41, 5.74) is 11.6. The molecule has 9 rings (SSSR count). The van der Waals surface area contributed by atoms with E-state index in [1.807, 2.05) is 54.6 Å². The number of fused-ring (bicyclic) bond motifs is 6. The second kappa shape index (κ2) is 11.4. The van der Waals surface area contributed by atoms with E-state index in [0.717, 1.165) is 66.5 Å². The molecule has 9 aromatic rings. The van der Waals surface area contributed by atoms with Crippen LogP contribution in [0.25, 0.3) is 86.9 Å². The van der Waals surface area contributed by atoms with Gasteiger partial charge in [-0.3, -0.25) is 0 Å². The van der Waals surface area contributed by atoms with Crippen molar-refractivity contribution >= 4 is 55.0 Å². The Balaban J connectivity index is 1.24. The molecular formula is C45H25N5. The van der Waals surface area contributed by atoms with Crippen molar-refractivity contribution in [2.45, 2.75) is 0 Å². The summed E-state index contributed by atoms with van der Waals surface area (Å²) in [4.78, 5) is 7.71. The molecule has 0 saturated heterocycles. The maximum atomic E-state index is 9.60. The molecule has 2 heterocycles. The van der Waals surface area contributed by atoms with Crippen LogP contribution in [0, 0.1) is 24.5 Å². The van der Waals surface area contributed by atoms with Crippen molar-refractivity contribution in [1.29, 1.82) is 5.26 Å². The third kappa shape index (κ3) is 4.31. The van der Waals surface area contributed by atoms with Crippen LogP contribution in [0.4, 0.5) is 11.4 Å². The van der Waals surface area contributed by atoms with Gasteiger partial charge in [0.05, 0.1) is 47.0 Å². The Hall–Kier alpha value is -7.39. The minimum absolute atomic E-state index is 0.557. The standard InChI is InChI=1S/C45H25N5/c1-47-31-21-24-36-38-26-29(28-46)18-25-43(38)49(44(36)27-31)32-22-19-30(20-23-32)33-13-9-14-39(48-2)45(33)37-12-5-8-17-42(37)50-40-15-6-3-10-34(40)35-11-4-7-16-41(35)50/h3-27H. The lowest BCUT2D eigenvalue weighted by Crippen LogP contribution is -1.98. The quantitative estimate of drug-likeness (QED) is 0.177. The van der Waals surface area contributed by atoms with Gasteiger partial charge in [0.15, 0.2) is 11.4 Å². The first-order chi connectivity index (χ1) is 24.7. The highest BCUT2D eigenvalue weighted by Crippen LogP contribution is 2.44. The molecule has 0 radical (unpaired) electrons. The van der Waals surface area contributed by atoms with Gasteiger partial charge in [0.2, 0.25) is 0 Å². The molecule has 0 fully saturated rings. The number of aromatic nitrogens is 2. The zero-order chi connectivity index (χ0) is 33.8. The molecule has 0 aliphatic rings. The summed E-state index contributed by atoms with van der Waals surface area (Å²) in [6.45, 7) is 15.8. The fraction of sp³-hybridized carbons (Fsp3) is 0. The summed E-state index contributed by atoms with van der Waals surface area (Å²) in [7, 11) is 0. The first kappa shape index (κ1) is 28.8. The Bertz CT molecular complexity index is 2900. The molecule has 0 spiro atoms. The molecule has 0 bridgehead atoms. The van der Waals surface area contributed by atoms with E-state index < -0.39 is 0 Å². The molecule has 5 heteroatoms. The molecular weight excluding hydrogens is 611 g/mol. The lowest BCUT2D eigenvalue weighted by Gasteiger charge is -2.18. The monoisotopic (exact) mass is 635 g/mol. The molecule has 0 N–H and O–H groups in total. The average Bonchev–Trinajstić information content (AvgIpc) is 3.69. The molecule has 5 nitrogen and oxygen atoms in total. The van der Waals surface area contributed by atoms with Crippen molar-refractivity contribution in [1.82, 2.24) is 9.13 Å². The van der Waals surface area contributed by atoms with Crippen LogP contribution in [0.1, 0.15) is 5.56 Å². The summed E-state index contributed by atoms with van der Waals surface area (Å²) in [5.74, 6) is 0. The van der Waals surface area contributed by atoms with Crippen LogP contribution in [-0.2, 0) is 0 Å². The van der Waals surface area contributed by atoms with Crippen molar-refractivity contribution in [3.63, 3.8) is 0 Å². The van der Waals surface area contributed by atoms with Crippen LogP contribution in [-0.4, -0.2) is 9.13 Å². The van der Waals surface area contributed by atoms with E-state index in [0.29, 0.717) is 16.9 Å². The van der Waals surface area contributed by atoms with Crippen molar-refractivity contribution in [3.8, 4) is 39.7 Å². The van der Waals surface area contributed by atoms with Gasteiger partial charge in [-0.1, -0.05) is 97.1 Å². The van der Waals surface area contributed by atoms with Gasteiger partial charge in [-0.25, -0.2) is 9.69 Å². The number of para-hydroxylation sites is 3. The third-order valence-electron chi connectivity index (χ3n) is 9.60. The highest BCUT2D eigenvalue weighted by molar-refractivity contribution is 6.11. The van der Waals surface area contributed by atoms with Crippen molar-refractivity contribution in [2.75, 3.05) is 0 Å². The van der Waals surface area contributed by atoms with Gasteiger partial charge < -0.3 is 9.13 Å². The SMILES string of the molecule is [C-]#[N+]c1ccc2c3cc(C#N)ccc3n(-c3ccc(-c4cccc([N+]#[C-])c4-c4ccccc4-n4c5ccccc5c5ccccc54)cc3)c2c1. The van der Waals surface area contributed by atoms with Crippen LogP contribution < -0.4 is 0 Å². The van der Waals surface area contributed by atoms with Gasteiger partial charge in [-0.15, -0.1) is 0 Å². The van der Waals surface area contributed by atoms with E-state index in [1.54, 1.807) is 0 Å². The minimum Gasteiger partial charge on any atom is -0.311 e. The average molecular weight is 636 g/mol. The fourth-order valence-electron chi connectivity index (χ4n) is 7.44. The lowest BCUT2D eigenvalue weighted by molar-refractivity contribution is 1.18. The predicted octanol–water partition coefficient (Wildman–Crippen LogP) is 12.2.